The molecule has 0 aliphatic rings. The predicted molar refractivity (Wildman–Crippen MR) is 50.6 cm³/mol. The van der Waals surface area contributed by atoms with E-state index in [0.29, 0.717) is 0 Å². The molecule has 0 spiro atoms. The topological polar surface area (TPSA) is 53.1 Å². The fourth-order valence-electron chi connectivity index (χ4n) is 1.19. The first-order valence-electron chi connectivity index (χ1n) is 3.80. The zero-order valence-corrected chi connectivity index (χ0v) is 8.64. The van der Waals surface area contributed by atoms with E-state index in [2.05, 4.69) is 20.9 Å². The van der Waals surface area contributed by atoms with Crippen LogP contribution in [0.2, 0.25) is 0 Å². The van der Waals surface area contributed by atoms with Gasteiger partial charge in [-0.2, -0.15) is 0 Å². The number of hydrogen-bond acceptors (Lipinski definition) is 2. The van der Waals surface area contributed by atoms with Crippen LogP contribution in [0.4, 0.5) is 8.78 Å². The van der Waals surface area contributed by atoms with Crippen molar-refractivity contribution in [3.05, 3.63) is 33.2 Å². The normalized spacial score (nSPS) is 10.9. The lowest BCUT2D eigenvalue weighted by molar-refractivity contribution is 0.145. The lowest BCUT2D eigenvalue weighted by Crippen LogP contribution is -2.14. The highest BCUT2D eigenvalue weighted by Crippen LogP contribution is 2.26. The van der Waals surface area contributed by atoms with Gasteiger partial charge in [0.25, 0.3) is 6.43 Å². The number of H-pyrrole nitrogens is 1. The fourth-order valence-corrected chi connectivity index (χ4v) is 1.65. The molecule has 1 heterocycles. The standard InChI is InChI=1S/C8H8BrF2NO2/c9-2-4-1-6(14)12-5(3-13)7(4)8(10)11/h1,8,13H,2-3H2,(H,12,14). The Kier molecular flexibility index (Phi) is 3.77. The maximum Gasteiger partial charge on any atom is 0.265 e. The molecule has 6 heteroatoms. The van der Waals surface area contributed by atoms with E-state index < -0.39 is 18.6 Å². The molecule has 0 amide bonds. The smallest absolute Gasteiger partial charge is 0.265 e. The number of halogens is 3. The number of hydrogen-bond donors (Lipinski definition) is 2. The molecule has 2 N–H and O–H groups in total. The third-order valence-corrected chi connectivity index (χ3v) is 2.37. The summed E-state index contributed by atoms with van der Waals surface area (Å²) >= 11 is 3.01. The van der Waals surface area contributed by atoms with Gasteiger partial charge in [0, 0.05) is 17.0 Å². The SMILES string of the molecule is O=c1cc(CBr)c(C(F)F)c(CO)[nH]1. The van der Waals surface area contributed by atoms with Crippen LogP contribution >= 0.6 is 15.9 Å². The Morgan fingerprint density at radius 1 is 1.57 bits per heavy atom. The number of pyridine rings is 1. The van der Waals surface area contributed by atoms with E-state index in [-0.39, 0.29) is 22.2 Å². The lowest BCUT2D eigenvalue weighted by Gasteiger charge is -2.10. The number of aromatic nitrogens is 1. The second-order valence-corrected chi connectivity index (χ2v) is 3.20. The van der Waals surface area contributed by atoms with Gasteiger partial charge in [-0.1, -0.05) is 15.9 Å². The maximum absolute atomic E-state index is 12.5. The van der Waals surface area contributed by atoms with Crippen molar-refractivity contribution in [3.8, 4) is 0 Å². The Morgan fingerprint density at radius 2 is 2.21 bits per heavy atom. The van der Waals surface area contributed by atoms with E-state index in [0.717, 1.165) is 6.07 Å². The van der Waals surface area contributed by atoms with Crippen molar-refractivity contribution in [2.45, 2.75) is 18.4 Å². The summed E-state index contributed by atoms with van der Waals surface area (Å²) in [6.07, 6.45) is -2.71. The predicted octanol–water partition coefficient (Wildman–Crippen LogP) is 1.70. The van der Waals surface area contributed by atoms with E-state index in [9.17, 15) is 13.6 Å². The Labute approximate surface area is 86.9 Å². The van der Waals surface area contributed by atoms with Crippen molar-refractivity contribution < 1.29 is 13.9 Å². The first-order chi connectivity index (χ1) is 6.60. The molecule has 1 rings (SSSR count). The second kappa shape index (κ2) is 4.65. The molecule has 0 aliphatic carbocycles. The van der Waals surface area contributed by atoms with Crippen LogP contribution < -0.4 is 5.56 Å². The molecule has 0 radical (unpaired) electrons. The van der Waals surface area contributed by atoms with Gasteiger partial charge in [-0.15, -0.1) is 0 Å². The highest BCUT2D eigenvalue weighted by atomic mass is 79.9. The molecule has 14 heavy (non-hydrogen) atoms. The molecule has 0 saturated carbocycles. The molecule has 0 atom stereocenters. The number of rotatable bonds is 3. The molecule has 78 valence electrons. The van der Waals surface area contributed by atoms with Gasteiger partial charge in [0.2, 0.25) is 5.56 Å². The summed E-state index contributed by atoms with van der Waals surface area (Å²) in [4.78, 5) is 13.1. The summed E-state index contributed by atoms with van der Waals surface area (Å²) < 4.78 is 25.1. The molecule has 3 nitrogen and oxygen atoms in total. The van der Waals surface area contributed by atoms with Crippen LogP contribution in [0.3, 0.4) is 0 Å². The van der Waals surface area contributed by atoms with Gasteiger partial charge in [-0.25, -0.2) is 8.78 Å². The zero-order valence-electron chi connectivity index (χ0n) is 7.06. The fraction of sp³-hybridized carbons (Fsp3) is 0.375. The van der Waals surface area contributed by atoms with Crippen LogP contribution in [0, 0.1) is 0 Å². The van der Waals surface area contributed by atoms with Crippen LogP contribution in [0.25, 0.3) is 0 Å². The number of aromatic amines is 1. The van der Waals surface area contributed by atoms with Crippen LogP contribution in [-0.2, 0) is 11.9 Å². The monoisotopic (exact) mass is 267 g/mol. The minimum absolute atomic E-state index is 0.123. The third kappa shape index (κ3) is 2.19. The van der Waals surface area contributed by atoms with Crippen LogP contribution in [0.5, 0.6) is 0 Å². The van der Waals surface area contributed by atoms with Crippen LogP contribution in [-0.4, -0.2) is 10.1 Å². The summed E-state index contributed by atoms with van der Waals surface area (Å²) in [6, 6.07) is 1.09. The third-order valence-electron chi connectivity index (χ3n) is 1.77. The first-order valence-corrected chi connectivity index (χ1v) is 4.92. The molecule has 0 bridgehead atoms. The van der Waals surface area contributed by atoms with E-state index in [4.69, 9.17) is 5.11 Å². The van der Waals surface area contributed by atoms with Gasteiger partial charge in [-0.3, -0.25) is 4.79 Å². The molecule has 1 aromatic heterocycles. The summed E-state index contributed by atoms with van der Waals surface area (Å²) in [5, 5.41) is 8.95. The molecule has 0 fully saturated rings. The summed E-state index contributed by atoms with van der Waals surface area (Å²) in [5.74, 6) is 0. The van der Waals surface area contributed by atoms with Crippen molar-refractivity contribution in [2.75, 3.05) is 0 Å². The molecule has 0 aromatic carbocycles. The van der Waals surface area contributed by atoms with E-state index in [1.165, 1.54) is 0 Å². The van der Waals surface area contributed by atoms with Crippen molar-refractivity contribution in [1.29, 1.82) is 0 Å². The van der Waals surface area contributed by atoms with Crippen molar-refractivity contribution in [3.63, 3.8) is 0 Å². The van der Waals surface area contributed by atoms with Gasteiger partial charge >= 0.3 is 0 Å². The van der Waals surface area contributed by atoms with E-state index >= 15 is 0 Å². The van der Waals surface area contributed by atoms with Crippen LogP contribution in [0.15, 0.2) is 10.9 Å². The summed E-state index contributed by atoms with van der Waals surface area (Å²) in [6.45, 7) is -0.601. The number of aliphatic hydroxyl groups is 1. The van der Waals surface area contributed by atoms with Crippen LogP contribution in [0.1, 0.15) is 23.2 Å². The molecule has 0 unspecified atom stereocenters. The highest BCUT2D eigenvalue weighted by Gasteiger charge is 2.18. The minimum atomic E-state index is -2.71. The highest BCUT2D eigenvalue weighted by molar-refractivity contribution is 9.08. The maximum atomic E-state index is 12.5. The van der Waals surface area contributed by atoms with Crippen molar-refractivity contribution in [1.82, 2.24) is 4.98 Å². The van der Waals surface area contributed by atoms with E-state index in [1.807, 2.05) is 0 Å². The van der Waals surface area contributed by atoms with Gasteiger partial charge in [0.15, 0.2) is 0 Å². The Hall–Kier alpha value is -0.750. The van der Waals surface area contributed by atoms with E-state index in [1.54, 1.807) is 0 Å². The largest absolute Gasteiger partial charge is 0.390 e. The van der Waals surface area contributed by atoms with Gasteiger partial charge in [0.05, 0.1) is 12.3 Å². The number of aliphatic hydroxyl groups excluding tert-OH is 1. The Balaban J connectivity index is 3.40. The zero-order chi connectivity index (χ0) is 10.7. The Morgan fingerprint density at radius 3 is 2.64 bits per heavy atom. The summed E-state index contributed by atoms with van der Waals surface area (Å²) in [7, 11) is 0. The van der Waals surface area contributed by atoms with Crippen molar-refractivity contribution >= 4 is 15.9 Å². The summed E-state index contributed by atoms with van der Waals surface area (Å²) in [5.41, 5.74) is -0.716. The number of nitrogens with one attached hydrogen (secondary N) is 1. The van der Waals surface area contributed by atoms with Crippen molar-refractivity contribution in [2.24, 2.45) is 0 Å². The quantitative estimate of drug-likeness (QED) is 0.820. The second-order valence-electron chi connectivity index (χ2n) is 2.64. The first kappa shape index (κ1) is 11.3. The lowest BCUT2D eigenvalue weighted by atomic mass is 10.1. The molecular formula is C8H8BrF2NO2. The number of alkyl halides is 3. The molecule has 0 aliphatic heterocycles. The van der Waals surface area contributed by atoms with Gasteiger partial charge in [0.1, 0.15) is 0 Å². The molecule has 1 aromatic rings. The molecule has 0 saturated heterocycles. The minimum Gasteiger partial charge on any atom is -0.390 e. The van der Waals surface area contributed by atoms with Gasteiger partial charge < -0.3 is 10.1 Å². The van der Waals surface area contributed by atoms with Gasteiger partial charge in [-0.05, 0) is 5.56 Å². The molecular weight excluding hydrogens is 260 g/mol. The average Bonchev–Trinajstić information content (AvgIpc) is 2.15. The average molecular weight is 268 g/mol. The Bertz CT molecular complexity index is 350.